The SMILES string of the molecule is COc1cccc(C(=O)OCC(=O)N=c2sccn2Cc2ccccc2Cl)c1. The average Bonchev–Trinajstić information content (AvgIpc) is 3.14. The van der Waals surface area contributed by atoms with Gasteiger partial charge >= 0.3 is 5.97 Å². The quantitative estimate of drug-likeness (QED) is 0.576. The molecule has 0 aliphatic carbocycles. The van der Waals surface area contributed by atoms with E-state index < -0.39 is 18.5 Å². The number of rotatable bonds is 6. The fraction of sp³-hybridized carbons (Fsp3) is 0.150. The van der Waals surface area contributed by atoms with E-state index in [2.05, 4.69) is 4.99 Å². The van der Waals surface area contributed by atoms with Crippen molar-refractivity contribution >= 4 is 34.8 Å². The lowest BCUT2D eigenvalue weighted by molar-refractivity contribution is -0.121. The summed E-state index contributed by atoms with van der Waals surface area (Å²) in [5, 5.41) is 2.47. The van der Waals surface area contributed by atoms with Crippen LogP contribution in [0, 0.1) is 0 Å². The number of amides is 1. The van der Waals surface area contributed by atoms with Gasteiger partial charge in [0.25, 0.3) is 5.91 Å². The van der Waals surface area contributed by atoms with E-state index in [0.29, 0.717) is 27.7 Å². The Kier molecular flexibility index (Phi) is 6.62. The maximum absolute atomic E-state index is 12.1. The van der Waals surface area contributed by atoms with Crippen LogP contribution in [0.3, 0.4) is 0 Å². The Balaban J connectivity index is 1.66. The number of benzene rings is 2. The molecule has 0 saturated heterocycles. The van der Waals surface area contributed by atoms with Crippen LogP contribution in [0.1, 0.15) is 15.9 Å². The number of carbonyl (C=O) groups excluding carboxylic acids is 2. The van der Waals surface area contributed by atoms with E-state index in [-0.39, 0.29) is 0 Å². The Morgan fingerprint density at radius 1 is 1.18 bits per heavy atom. The molecular formula is C20H17ClN2O4S. The Bertz CT molecular complexity index is 1060. The largest absolute Gasteiger partial charge is 0.497 e. The molecule has 3 aromatic rings. The van der Waals surface area contributed by atoms with Crippen molar-refractivity contribution in [2.45, 2.75) is 6.54 Å². The van der Waals surface area contributed by atoms with Gasteiger partial charge in [0, 0.05) is 16.6 Å². The van der Waals surface area contributed by atoms with Crippen molar-refractivity contribution in [3.8, 4) is 5.75 Å². The van der Waals surface area contributed by atoms with Gasteiger partial charge in [-0.05, 0) is 29.8 Å². The van der Waals surface area contributed by atoms with Crippen molar-refractivity contribution < 1.29 is 19.1 Å². The van der Waals surface area contributed by atoms with Crippen molar-refractivity contribution in [2.75, 3.05) is 13.7 Å². The highest BCUT2D eigenvalue weighted by Crippen LogP contribution is 2.16. The highest BCUT2D eigenvalue weighted by molar-refractivity contribution is 7.07. The van der Waals surface area contributed by atoms with Gasteiger partial charge in [0.2, 0.25) is 0 Å². The molecule has 0 aliphatic rings. The van der Waals surface area contributed by atoms with E-state index in [0.717, 1.165) is 5.56 Å². The molecule has 3 rings (SSSR count). The summed E-state index contributed by atoms with van der Waals surface area (Å²) in [4.78, 5) is 28.8. The zero-order valence-electron chi connectivity index (χ0n) is 15.0. The van der Waals surface area contributed by atoms with Crippen molar-refractivity contribution in [3.05, 3.63) is 81.1 Å². The molecule has 0 bridgehead atoms. The minimum absolute atomic E-state index is 0.303. The molecule has 0 spiro atoms. The second-order valence-corrected chi connectivity index (χ2v) is 7.00. The van der Waals surface area contributed by atoms with Gasteiger partial charge in [0.1, 0.15) is 5.75 Å². The first-order chi connectivity index (χ1) is 13.6. The summed E-state index contributed by atoms with van der Waals surface area (Å²) in [6.07, 6.45) is 1.82. The molecule has 0 saturated carbocycles. The fourth-order valence-electron chi connectivity index (χ4n) is 2.42. The number of esters is 1. The first-order valence-electron chi connectivity index (χ1n) is 8.33. The third-order valence-electron chi connectivity index (χ3n) is 3.81. The van der Waals surface area contributed by atoms with Crippen molar-refractivity contribution in [3.63, 3.8) is 0 Å². The number of hydrogen-bond acceptors (Lipinski definition) is 5. The lowest BCUT2D eigenvalue weighted by Gasteiger charge is -2.06. The first-order valence-corrected chi connectivity index (χ1v) is 9.58. The molecule has 1 heterocycles. The summed E-state index contributed by atoms with van der Waals surface area (Å²) < 4.78 is 11.9. The highest BCUT2D eigenvalue weighted by atomic mass is 35.5. The smallest absolute Gasteiger partial charge is 0.338 e. The van der Waals surface area contributed by atoms with E-state index in [1.807, 2.05) is 40.4 Å². The van der Waals surface area contributed by atoms with Gasteiger partial charge in [-0.2, -0.15) is 4.99 Å². The summed E-state index contributed by atoms with van der Waals surface area (Å²) in [5.41, 5.74) is 1.22. The molecule has 0 N–H and O–H groups in total. The van der Waals surface area contributed by atoms with Gasteiger partial charge in [0.05, 0.1) is 19.2 Å². The molecule has 1 amide bonds. The molecule has 6 nitrogen and oxygen atoms in total. The number of carbonyl (C=O) groups is 2. The van der Waals surface area contributed by atoms with Crippen LogP contribution in [0.5, 0.6) is 5.75 Å². The van der Waals surface area contributed by atoms with Crippen LogP contribution in [-0.2, 0) is 16.1 Å². The van der Waals surface area contributed by atoms with Crippen LogP contribution in [0.2, 0.25) is 5.02 Å². The monoisotopic (exact) mass is 416 g/mol. The second-order valence-electron chi connectivity index (χ2n) is 5.72. The van der Waals surface area contributed by atoms with E-state index in [4.69, 9.17) is 21.1 Å². The zero-order chi connectivity index (χ0) is 19.9. The minimum Gasteiger partial charge on any atom is -0.497 e. The summed E-state index contributed by atoms with van der Waals surface area (Å²) in [6.45, 7) is 0.0406. The number of hydrogen-bond donors (Lipinski definition) is 0. The van der Waals surface area contributed by atoms with Gasteiger partial charge in [-0.15, -0.1) is 11.3 Å². The summed E-state index contributed by atoms with van der Waals surface area (Å²) >= 11 is 7.50. The van der Waals surface area contributed by atoms with Crippen LogP contribution < -0.4 is 9.54 Å². The fourth-order valence-corrected chi connectivity index (χ4v) is 3.36. The van der Waals surface area contributed by atoms with E-state index >= 15 is 0 Å². The number of halogens is 1. The van der Waals surface area contributed by atoms with Gasteiger partial charge < -0.3 is 14.0 Å². The highest BCUT2D eigenvalue weighted by Gasteiger charge is 2.11. The molecule has 0 aliphatic heterocycles. The Labute approximate surface area is 170 Å². The van der Waals surface area contributed by atoms with Crippen LogP contribution >= 0.6 is 22.9 Å². The number of ether oxygens (including phenoxy) is 2. The molecule has 28 heavy (non-hydrogen) atoms. The van der Waals surface area contributed by atoms with Crippen LogP contribution in [-0.4, -0.2) is 30.2 Å². The molecule has 0 atom stereocenters. The van der Waals surface area contributed by atoms with Crippen molar-refractivity contribution in [1.29, 1.82) is 0 Å². The Morgan fingerprint density at radius 2 is 2.00 bits per heavy atom. The van der Waals surface area contributed by atoms with E-state index in [9.17, 15) is 9.59 Å². The first kappa shape index (κ1) is 19.9. The van der Waals surface area contributed by atoms with Crippen molar-refractivity contribution in [1.82, 2.24) is 4.57 Å². The minimum atomic E-state index is -0.613. The van der Waals surface area contributed by atoms with Crippen molar-refractivity contribution in [2.24, 2.45) is 4.99 Å². The Hall–Kier alpha value is -2.90. The summed E-state index contributed by atoms with van der Waals surface area (Å²) in [7, 11) is 1.51. The zero-order valence-corrected chi connectivity index (χ0v) is 16.6. The number of nitrogens with zero attached hydrogens (tertiary/aromatic N) is 2. The topological polar surface area (TPSA) is 69.9 Å². The van der Waals surface area contributed by atoms with Crippen LogP contribution in [0.25, 0.3) is 0 Å². The van der Waals surface area contributed by atoms with Crippen LogP contribution in [0.4, 0.5) is 0 Å². The average molecular weight is 417 g/mol. The lowest BCUT2D eigenvalue weighted by Crippen LogP contribution is -2.20. The molecule has 0 radical (unpaired) electrons. The standard InChI is InChI=1S/C20H17ClN2O4S/c1-26-16-7-4-6-14(11-16)19(25)27-13-18(24)22-20-23(9-10-28-20)12-15-5-2-3-8-17(15)21/h2-11H,12-13H2,1H3. The molecule has 0 unspecified atom stereocenters. The second kappa shape index (κ2) is 9.34. The van der Waals surface area contributed by atoms with E-state index in [1.165, 1.54) is 18.4 Å². The predicted molar refractivity (Wildman–Crippen MR) is 107 cm³/mol. The molecular weight excluding hydrogens is 400 g/mol. The normalized spacial score (nSPS) is 11.3. The summed E-state index contributed by atoms with van der Waals surface area (Å²) in [5.74, 6) is -0.631. The van der Waals surface area contributed by atoms with Gasteiger partial charge in [-0.3, -0.25) is 4.79 Å². The Morgan fingerprint density at radius 3 is 2.79 bits per heavy atom. The molecule has 144 valence electrons. The van der Waals surface area contributed by atoms with Crippen LogP contribution in [0.15, 0.2) is 65.1 Å². The maximum Gasteiger partial charge on any atom is 0.338 e. The van der Waals surface area contributed by atoms with Gasteiger partial charge in [-0.25, -0.2) is 4.79 Å². The predicted octanol–water partition coefficient (Wildman–Crippen LogP) is 3.54. The third-order valence-corrected chi connectivity index (χ3v) is 4.97. The maximum atomic E-state index is 12.1. The van der Waals surface area contributed by atoms with Gasteiger partial charge in [-0.1, -0.05) is 35.9 Å². The number of aromatic nitrogens is 1. The number of methoxy groups -OCH3 is 1. The summed E-state index contributed by atoms with van der Waals surface area (Å²) in [6, 6.07) is 14.0. The molecule has 0 fully saturated rings. The molecule has 8 heteroatoms. The van der Waals surface area contributed by atoms with E-state index in [1.54, 1.807) is 24.3 Å². The molecule has 1 aromatic heterocycles. The van der Waals surface area contributed by atoms with Gasteiger partial charge in [0.15, 0.2) is 11.4 Å². The number of thiazole rings is 1. The lowest BCUT2D eigenvalue weighted by atomic mass is 10.2. The third kappa shape index (κ3) is 5.09. The molecule has 2 aromatic carbocycles.